The van der Waals surface area contributed by atoms with Crippen molar-refractivity contribution in [3.8, 4) is 0 Å². The summed E-state index contributed by atoms with van der Waals surface area (Å²) in [6, 6.07) is 2.56. The van der Waals surface area contributed by atoms with E-state index in [2.05, 4.69) is 15.9 Å². The minimum absolute atomic E-state index is 0.00243. The van der Waals surface area contributed by atoms with E-state index in [9.17, 15) is 13.2 Å². The number of benzene rings is 1. The van der Waals surface area contributed by atoms with E-state index in [4.69, 9.17) is 5.11 Å². The third-order valence-corrected chi connectivity index (χ3v) is 3.89. The highest BCUT2D eigenvalue weighted by atomic mass is 79.9. The Hall–Kier alpha value is -0.880. The predicted octanol–water partition coefficient (Wildman–Crippen LogP) is 1.86. The smallest absolute Gasteiger partial charge is 0.336 e. The van der Waals surface area contributed by atoms with Gasteiger partial charge in [-0.15, -0.1) is 0 Å². The Labute approximate surface area is 96.0 Å². The highest BCUT2D eigenvalue weighted by Crippen LogP contribution is 2.24. The third-order valence-electron chi connectivity index (χ3n) is 1.98. The third kappa shape index (κ3) is 2.57. The standard InChI is InChI=1S/C9H9BrO4S/c1-5-7(9(11)12)3-6(4-8(5)10)15(2,13)14/h3-4H,1-2H3,(H,11,12). The molecule has 4 nitrogen and oxygen atoms in total. The normalized spacial score (nSPS) is 11.4. The molecule has 1 N–H and O–H groups in total. The second-order valence-corrected chi connectivity index (χ2v) is 6.03. The Morgan fingerprint density at radius 2 is 1.93 bits per heavy atom. The maximum absolute atomic E-state index is 11.3. The lowest BCUT2D eigenvalue weighted by molar-refractivity contribution is 0.0695. The van der Waals surface area contributed by atoms with Crippen molar-refractivity contribution < 1.29 is 18.3 Å². The van der Waals surface area contributed by atoms with Crippen molar-refractivity contribution in [3.63, 3.8) is 0 Å². The van der Waals surface area contributed by atoms with Gasteiger partial charge in [0.15, 0.2) is 9.84 Å². The van der Waals surface area contributed by atoms with Gasteiger partial charge in [-0.3, -0.25) is 0 Å². The molecule has 1 aromatic carbocycles. The Morgan fingerprint density at radius 1 is 1.40 bits per heavy atom. The molecule has 15 heavy (non-hydrogen) atoms. The summed E-state index contributed by atoms with van der Waals surface area (Å²) in [6.45, 7) is 1.61. The Kier molecular flexibility index (Phi) is 3.20. The largest absolute Gasteiger partial charge is 0.478 e. The Balaban J connectivity index is 3.57. The number of carboxylic acids is 1. The minimum Gasteiger partial charge on any atom is -0.478 e. The first-order valence-electron chi connectivity index (χ1n) is 3.97. The molecule has 0 saturated carbocycles. The first-order valence-corrected chi connectivity index (χ1v) is 6.65. The summed E-state index contributed by atoms with van der Waals surface area (Å²) in [4.78, 5) is 10.8. The van der Waals surface area contributed by atoms with Gasteiger partial charge in [0, 0.05) is 10.7 Å². The van der Waals surface area contributed by atoms with Crippen LogP contribution in [0.3, 0.4) is 0 Å². The number of carbonyl (C=O) groups is 1. The summed E-state index contributed by atoms with van der Waals surface area (Å²) in [6.07, 6.45) is 1.04. The fraction of sp³-hybridized carbons (Fsp3) is 0.222. The molecule has 0 atom stereocenters. The van der Waals surface area contributed by atoms with Gasteiger partial charge in [0.2, 0.25) is 0 Å². The van der Waals surface area contributed by atoms with E-state index in [-0.39, 0.29) is 10.5 Å². The second kappa shape index (κ2) is 3.94. The Morgan fingerprint density at radius 3 is 2.33 bits per heavy atom. The molecule has 0 fully saturated rings. The van der Waals surface area contributed by atoms with Crippen LogP contribution >= 0.6 is 15.9 Å². The van der Waals surface area contributed by atoms with E-state index in [0.717, 1.165) is 12.3 Å². The van der Waals surface area contributed by atoms with Crippen LogP contribution < -0.4 is 0 Å². The highest BCUT2D eigenvalue weighted by molar-refractivity contribution is 9.10. The zero-order valence-corrected chi connectivity index (χ0v) is 10.5. The van der Waals surface area contributed by atoms with Crippen molar-refractivity contribution in [3.05, 3.63) is 27.7 Å². The zero-order valence-electron chi connectivity index (χ0n) is 8.11. The van der Waals surface area contributed by atoms with Crippen molar-refractivity contribution in [2.75, 3.05) is 6.26 Å². The summed E-state index contributed by atoms with van der Waals surface area (Å²) in [5.41, 5.74) is 0.500. The van der Waals surface area contributed by atoms with Crippen LogP contribution in [0.4, 0.5) is 0 Å². The van der Waals surface area contributed by atoms with Crippen LogP contribution in [0.1, 0.15) is 15.9 Å². The van der Waals surface area contributed by atoms with Crippen LogP contribution in [0.15, 0.2) is 21.5 Å². The summed E-state index contributed by atoms with van der Waals surface area (Å²) in [7, 11) is -3.39. The van der Waals surface area contributed by atoms with Gasteiger partial charge in [0.1, 0.15) is 0 Å². The highest BCUT2D eigenvalue weighted by Gasteiger charge is 2.16. The lowest BCUT2D eigenvalue weighted by Crippen LogP contribution is -2.05. The molecule has 0 aliphatic heterocycles. The summed E-state index contributed by atoms with van der Waals surface area (Å²) >= 11 is 3.13. The fourth-order valence-corrected chi connectivity index (χ4v) is 2.37. The van der Waals surface area contributed by atoms with Gasteiger partial charge in [-0.1, -0.05) is 15.9 Å². The van der Waals surface area contributed by atoms with Crippen LogP contribution in [0.5, 0.6) is 0 Å². The number of hydrogen-bond donors (Lipinski definition) is 1. The van der Waals surface area contributed by atoms with Crippen molar-refractivity contribution in [1.29, 1.82) is 0 Å². The minimum atomic E-state index is -3.39. The van der Waals surface area contributed by atoms with E-state index >= 15 is 0 Å². The molecule has 0 amide bonds. The molecule has 0 unspecified atom stereocenters. The molecule has 0 radical (unpaired) electrons. The predicted molar refractivity (Wildman–Crippen MR) is 58.9 cm³/mol. The molecular formula is C9H9BrO4S. The quantitative estimate of drug-likeness (QED) is 0.903. The number of hydrogen-bond acceptors (Lipinski definition) is 3. The van der Waals surface area contributed by atoms with E-state index < -0.39 is 15.8 Å². The van der Waals surface area contributed by atoms with Crippen molar-refractivity contribution in [1.82, 2.24) is 0 Å². The van der Waals surface area contributed by atoms with Gasteiger partial charge in [-0.2, -0.15) is 0 Å². The Bertz CT molecular complexity index is 519. The maximum atomic E-state index is 11.3. The number of rotatable bonds is 2. The average Bonchev–Trinajstić information content (AvgIpc) is 2.06. The number of carboxylic acid groups (broad SMARTS) is 1. The molecule has 6 heteroatoms. The van der Waals surface area contributed by atoms with Crippen LogP contribution in [0.2, 0.25) is 0 Å². The van der Waals surface area contributed by atoms with Crippen LogP contribution in [-0.4, -0.2) is 25.7 Å². The lowest BCUT2D eigenvalue weighted by Gasteiger charge is -2.06. The summed E-state index contributed by atoms with van der Waals surface area (Å²) in [5, 5.41) is 8.86. The monoisotopic (exact) mass is 292 g/mol. The molecule has 82 valence electrons. The van der Waals surface area contributed by atoms with Gasteiger partial charge < -0.3 is 5.11 Å². The SMILES string of the molecule is Cc1c(Br)cc(S(C)(=O)=O)cc1C(=O)O. The van der Waals surface area contributed by atoms with E-state index in [1.807, 2.05) is 0 Å². The maximum Gasteiger partial charge on any atom is 0.336 e. The summed E-state index contributed by atoms with van der Waals surface area (Å²) < 4.78 is 23.0. The van der Waals surface area contributed by atoms with Crippen molar-refractivity contribution >= 4 is 31.7 Å². The number of sulfone groups is 1. The molecule has 1 rings (SSSR count). The zero-order chi connectivity index (χ0) is 11.8. The molecule has 0 aliphatic rings. The van der Waals surface area contributed by atoms with E-state index in [0.29, 0.717) is 10.0 Å². The van der Waals surface area contributed by atoms with Crippen molar-refractivity contribution in [2.45, 2.75) is 11.8 Å². The van der Waals surface area contributed by atoms with Gasteiger partial charge >= 0.3 is 5.97 Å². The van der Waals surface area contributed by atoms with Gasteiger partial charge in [0.05, 0.1) is 10.5 Å². The molecule has 0 heterocycles. The van der Waals surface area contributed by atoms with Gasteiger partial charge in [-0.25, -0.2) is 13.2 Å². The number of aromatic carboxylic acids is 1. The molecule has 0 aromatic heterocycles. The topological polar surface area (TPSA) is 71.4 Å². The van der Waals surface area contributed by atoms with Crippen molar-refractivity contribution in [2.24, 2.45) is 0 Å². The molecule has 0 bridgehead atoms. The molecular weight excluding hydrogens is 284 g/mol. The molecule has 0 spiro atoms. The molecule has 0 aliphatic carbocycles. The number of halogens is 1. The van der Waals surface area contributed by atoms with Gasteiger partial charge in [0.25, 0.3) is 0 Å². The van der Waals surface area contributed by atoms with E-state index in [1.54, 1.807) is 6.92 Å². The average molecular weight is 293 g/mol. The van der Waals surface area contributed by atoms with Gasteiger partial charge in [-0.05, 0) is 24.6 Å². The van der Waals surface area contributed by atoms with Crippen LogP contribution in [-0.2, 0) is 9.84 Å². The lowest BCUT2D eigenvalue weighted by atomic mass is 10.1. The van der Waals surface area contributed by atoms with Crippen LogP contribution in [0.25, 0.3) is 0 Å². The first-order chi connectivity index (χ1) is 6.73. The summed E-state index contributed by atoms with van der Waals surface area (Å²) in [5.74, 6) is -1.14. The van der Waals surface area contributed by atoms with Crippen LogP contribution in [0, 0.1) is 6.92 Å². The fourth-order valence-electron chi connectivity index (χ4n) is 1.09. The molecule has 0 saturated heterocycles. The van der Waals surface area contributed by atoms with E-state index in [1.165, 1.54) is 6.07 Å². The second-order valence-electron chi connectivity index (χ2n) is 3.15. The molecule has 1 aromatic rings. The first kappa shape index (κ1) is 12.2.